The van der Waals surface area contributed by atoms with E-state index in [1.165, 1.54) is 0 Å². The zero-order valence-electron chi connectivity index (χ0n) is 13.2. The van der Waals surface area contributed by atoms with Crippen molar-refractivity contribution in [3.63, 3.8) is 0 Å². The maximum atomic E-state index is 11.7. The molecule has 2 N–H and O–H groups in total. The summed E-state index contributed by atoms with van der Waals surface area (Å²) in [6.45, 7) is 11.8. The summed E-state index contributed by atoms with van der Waals surface area (Å²) in [6, 6.07) is 0.212. The molecular weight excluding hydrogens is 260 g/mol. The molecule has 118 valence electrons. The molecule has 0 aliphatic carbocycles. The molecule has 1 heterocycles. The maximum Gasteiger partial charge on any atom is 0.410 e. The third-order valence-corrected chi connectivity index (χ3v) is 2.86. The predicted molar refractivity (Wildman–Crippen MR) is 77.3 cm³/mol. The molecule has 20 heavy (non-hydrogen) atoms. The van der Waals surface area contributed by atoms with E-state index in [2.05, 4.69) is 11.7 Å². The van der Waals surface area contributed by atoms with Gasteiger partial charge in [-0.15, -0.1) is 0 Å². The lowest BCUT2D eigenvalue weighted by Crippen LogP contribution is -2.49. The fourth-order valence-corrected chi connectivity index (χ4v) is 1.72. The van der Waals surface area contributed by atoms with Crippen molar-refractivity contribution in [2.75, 3.05) is 19.7 Å². The van der Waals surface area contributed by atoms with Gasteiger partial charge < -0.3 is 20.1 Å². The van der Waals surface area contributed by atoms with Crippen LogP contribution in [0.3, 0.4) is 0 Å². The van der Waals surface area contributed by atoms with Gasteiger partial charge in [0.2, 0.25) is 0 Å². The summed E-state index contributed by atoms with van der Waals surface area (Å²) in [7, 11) is 0. The van der Waals surface area contributed by atoms with Gasteiger partial charge in [-0.2, -0.15) is 0 Å². The highest BCUT2D eigenvalue weighted by atomic mass is 16.6. The molecule has 1 rings (SSSR count). The lowest BCUT2D eigenvalue weighted by atomic mass is 9.95. The molecule has 0 bridgehead atoms. The van der Waals surface area contributed by atoms with Gasteiger partial charge in [-0.3, -0.25) is 4.79 Å². The SMILES string of the molecule is CC1CN(C(=O)OC(C)(C)C)CCC1N.CCOC=O. The Morgan fingerprint density at radius 2 is 2.05 bits per heavy atom. The van der Waals surface area contributed by atoms with E-state index in [4.69, 9.17) is 10.5 Å². The molecule has 0 aromatic heterocycles. The van der Waals surface area contributed by atoms with E-state index in [0.717, 1.165) is 6.42 Å². The van der Waals surface area contributed by atoms with E-state index in [9.17, 15) is 9.59 Å². The molecule has 6 heteroatoms. The monoisotopic (exact) mass is 288 g/mol. The zero-order chi connectivity index (χ0) is 15.8. The Labute approximate surface area is 121 Å². The van der Waals surface area contributed by atoms with Crippen LogP contribution in [0.5, 0.6) is 0 Å². The van der Waals surface area contributed by atoms with Gasteiger partial charge in [-0.25, -0.2) is 4.79 Å². The summed E-state index contributed by atoms with van der Waals surface area (Å²) in [5.74, 6) is 0.353. The zero-order valence-corrected chi connectivity index (χ0v) is 13.2. The molecule has 0 aromatic carbocycles. The minimum absolute atomic E-state index is 0.212. The van der Waals surface area contributed by atoms with Crippen LogP contribution in [0.15, 0.2) is 0 Å². The van der Waals surface area contributed by atoms with Gasteiger partial charge in [-0.1, -0.05) is 6.92 Å². The third kappa shape index (κ3) is 7.99. The summed E-state index contributed by atoms with van der Waals surface area (Å²) in [4.78, 5) is 22.7. The van der Waals surface area contributed by atoms with Crippen molar-refractivity contribution in [3.05, 3.63) is 0 Å². The molecule has 2 atom stereocenters. The lowest BCUT2D eigenvalue weighted by Gasteiger charge is -2.35. The Morgan fingerprint density at radius 3 is 2.40 bits per heavy atom. The van der Waals surface area contributed by atoms with Crippen LogP contribution in [-0.4, -0.2) is 48.8 Å². The van der Waals surface area contributed by atoms with Crippen LogP contribution >= 0.6 is 0 Å². The first-order chi connectivity index (χ1) is 9.21. The molecule has 0 aromatic rings. The van der Waals surface area contributed by atoms with Crippen LogP contribution in [0.2, 0.25) is 0 Å². The van der Waals surface area contributed by atoms with Crippen molar-refractivity contribution in [2.45, 2.75) is 52.7 Å². The second-order valence-corrected chi connectivity index (χ2v) is 5.91. The van der Waals surface area contributed by atoms with Crippen molar-refractivity contribution < 1.29 is 19.1 Å². The summed E-state index contributed by atoms with van der Waals surface area (Å²) in [5.41, 5.74) is 5.47. The fourth-order valence-electron chi connectivity index (χ4n) is 1.72. The highest BCUT2D eigenvalue weighted by molar-refractivity contribution is 5.68. The number of carbonyl (C=O) groups is 2. The third-order valence-electron chi connectivity index (χ3n) is 2.86. The standard InChI is InChI=1S/C11H22N2O2.C3H6O2/c1-8-7-13(6-5-9(8)12)10(14)15-11(2,3)4;1-2-5-3-4/h8-9H,5-7,12H2,1-4H3;3H,2H2,1H3. The minimum atomic E-state index is -0.417. The van der Waals surface area contributed by atoms with E-state index in [0.29, 0.717) is 32.1 Å². The second-order valence-electron chi connectivity index (χ2n) is 5.91. The number of amides is 1. The van der Waals surface area contributed by atoms with Crippen LogP contribution in [0.25, 0.3) is 0 Å². The number of piperidine rings is 1. The van der Waals surface area contributed by atoms with Crippen molar-refractivity contribution in [3.8, 4) is 0 Å². The van der Waals surface area contributed by atoms with Gasteiger partial charge in [-0.05, 0) is 40.0 Å². The topological polar surface area (TPSA) is 81.9 Å². The first-order valence-corrected chi connectivity index (χ1v) is 7.00. The van der Waals surface area contributed by atoms with Crippen LogP contribution in [-0.2, 0) is 14.3 Å². The molecule has 1 saturated heterocycles. The lowest BCUT2D eigenvalue weighted by molar-refractivity contribution is -0.128. The minimum Gasteiger partial charge on any atom is -0.468 e. The van der Waals surface area contributed by atoms with Crippen molar-refractivity contribution in [2.24, 2.45) is 11.7 Å². The quantitative estimate of drug-likeness (QED) is 0.783. The Balaban J connectivity index is 0.000000621. The van der Waals surface area contributed by atoms with E-state index in [1.54, 1.807) is 11.8 Å². The van der Waals surface area contributed by atoms with Gasteiger partial charge in [0.15, 0.2) is 0 Å². The van der Waals surface area contributed by atoms with Crippen molar-refractivity contribution in [1.29, 1.82) is 0 Å². The highest BCUT2D eigenvalue weighted by Crippen LogP contribution is 2.17. The van der Waals surface area contributed by atoms with E-state index in [1.807, 2.05) is 20.8 Å². The van der Waals surface area contributed by atoms with Gasteiger partial charge in [0.25, 0.3) is 6.47 Å². The molecule has 1 amide bonds. The van der Waals surface area contributed by atoms with E-state index < -0.39 is 5.60 Å². The normalized spacial score (nSPS) is 22.4. The number of hydrogen-bond donors (Lipinski definition) is 1. The fraction of sp³-hybridized carbons (Fsp3) is 0.857. The number of nitrogens with two attached hydrogens (primary N) is 1. The molecule has 2 unspecified atom stereocenters. The van der Waals surface area contributed by atoms with Crippen molar-refractivity contribution >= 4 is 12.6 Å². The Bertz CT molecular complexity index is 302. The summed E-state index contributed by atoms with van der Waals surface area (Å²) in [6.07, 6.45) is 0.640. The molecule has 6 nitrogen and oxygen atoms in total. The van der Waals surface area contributed by atoms with Crippen LogP contribution in [0, 0.1) is 5.92 Å². The van der Waals surface area contributed by atoms with Crippen LogP contribution in [0.4, 0.5) is 4.79 Å². The highest BCUT2D eigenvalue weighted by Gasteiger charge is 2.29. The number of nitrogens with zero attached hydrogens (tertiary/aromatic N) is 1. The molecule has 1 aliphatic rings. The smallest absolute Gasteiger partial charge is 0.410 e. The first-order valence-electron chi connectivity index (χ1n) is 7.00. The Morgan fingerprint density at radius 1 is 1.45 bits per heavy atom. The van der Waals surface area contributed by atoms with E-state index >= 15 is 0 Å². The maximum absolute atomic E-state index is 11.7. The van der Waals surface area contributed by atoms with Crippen LogP contribution < -0.4 is 5.73 Å². The number of carbonyl (C=O) groups excluding carboxylic acids is 2. The number of hydrogen-bond acceptors (Lipinski definition) is 5. The molecule has 1 aliphatic heterocycles. The number of rotatable bonds is 2. The largest absolute Gasteiger partial charge is 0.468 e. The predicted octanol–water partition coefficient (Wildman–Crippen LogP) is 1.77. The molecule has 0 saturated carbocycles. The van der Waals surface area contributed by atoms with Gasteiger partial charge >= 0.3 is 6.09 Å². The van der Waals surface area contributed by atoms with Gasteiger partial charge in [0, 0.05) is 19.1 Å². The molecule has 0 radical (unpaired) electrons. The van der Waals surface area contributed by atoms with Crippen LogP contribution in [0.1, 0.15) is 41.0 Å². The number of ether oxygens (including phenoxy) is 2. The average molecular weight is 288 g/mol. The summed E-state index contributed by atoms with van der Waals surface area (Å²) >= 11 is 0. The number of likely N-dealkylation sites (tertiary alicyclic amines) is 1. The van der Waals surface area contributed by atoms with E-state index in [-0.39, 0.29) is 12.1 Å². The first kappa shape index (κ1) is 18.7. The van der Waals surface area contributed by atoms with Gasteiger partial charge in [0.05, 0.1) is 6.61 Å². The second kappa shape index (κ2) is 8.79. The average Bonchev–Trinajstić information content (AvgIpc) is 2.32. The Kier molecular flexibility index (Phi) is 8.22. The summed E-state index contributed by atoms with van der Waals surface area (Å²) in [5, 5.41) is 0. The summed E-state index contributed by atoms with van der Waals surface area (Å²) < 4.78 is 9.46. The van der Waals surface area contributed by atoms with Crippen molar-refractivity contribution in [1.82, 2.24) is 4.90 Å². The molecule has 0 spiro atoms. The molecule has 1 fully saturated rings. The molecular formula is C14H28N2O4. The Hall–Kier alpha value is -1.30. The van der Waals surface area contributed by atoms with Gasteiger partial charge in [0.1, 0.15) is 5.60 Å².